The van der Waals surface area contributed by atoms with Gasteiger partial charge in [-0.1, -0.05) is 6.92 Å². The predicted octanol–water partition coefficient (Wildman–Crippen LogP) is 2.68. The Bertz CT molecular complexity index is 548. The number of nitrogens with zero attached hydrogens (tertiary/aromatic N) is 1. The van der Waals surface area contributed by atoms with Crippen molar-refractivity contribution in [1.82, 2.24) is 10.3 Å². The van der Waals surface area contributed by atoms with Crippen LogP contribution in [0, 0.1) is 0 Å². The highest BCUT2D eigenvalue weighted by atomic mass is 32.1. The molecule has 2 N–H and O–H groups in total. The minimum Gasteiger partial charge on any atom is -0.387 e. The lowest BCUT2D eigenvalue weighted by Gasteiger charge is -2.04. The van der Waals surface area contributed by atoms with Crippen molar-refractivity contribution >= 4 is 22.9 Å². The first-order chi connectivity index (χ1) is 9.22. The summed E-state index contributed by atoms with van der Waals surface area (Å²) < 4.78 is 0. The van der Waals surface area contributed by atoms with Gasteiger partial charge in [0.2, 0.25) is 0 Å². The average Bonchev–Trinajstić information content (AvgIpc) is 2.93. The van der Waals surface area contributed by atoms with E-state index in [-0.39, 0.29) is 5.91 Å². The first-order valence-electron chi connectivity index (χ1n) is 6.22. The van der Waals surface area contributed by atoms with Crippen LogP contribution in [0.15, 0.2) is 30.5 Å². The van der Waals surface area contributed by atoms with Crippen molar-refractivity contribution in [2.45, 2.75) is 19.9 Å². The van der Waals surface area contributed by atoms with Gasteiger partial charge in [-0.3, -0.25) is 4.79 Å². The van der Waals surface area contributed by atoms with Crippen LogP contribution in [0.1, 0.15) is 27.2 Å². The van der Waals surface area contributed by atoms with Crippen molar-refractivity contribution in [3.05, 3.63) is 45.9 Å². The van der Waals surface area contributed by atoms with Gasteiger partial charge in [-0.2, -0.15) is 0 Å². The third kappa shape index (κ3) is 3.54. The van der Waals surface area contributed by atoms with Crippen LogP contribution in [0.25, 0.3) is 0 Å². The van der Waals surface area contributed by atoms with Crippen LogP contribution >= 0.6 is 11.3 Å². The molecule has 4 nitrogen and oxygen atoms in total. The van der Waals surface area contributed by atoms with Crippen LogP contribution in [-0.2, 0) is 13.0 Å². The van der Waals surface area contributed by atoms with Gasteiger partial charge in [0.15, 0.2) is 0 Å². The van der Waals surface area contributed by atoms with E-state index in [2.05, 4.69) is 34.7 Å². The number of anilines is 1. The quantitative estimate of drug-likeness (QED) is 0.882. The molecule has 0 aliphatic carbocycles. The Morgan fingerprint density at radius 1 is 1.26 bits per heavy atom. The highest BCUT2D eigenvalue weighted by Crippen LogP contribution is 2.16. The fourth-order valence-corrected chi connectivity index (χ4v) is 2.54. The summed E-state index contributed by atoms with van der Waals surface area (Å²) >= 11 is 1.73. The number of hydrogen-bond donors (Lipinski definition) is 2. The summed E-state index contributed by atoms with van der Waals surface area (Å²) in [7, 11) is 1.82. The summed E-state index contributed by atoms with van der Waals surface area (Å²) in [6.07, 6.45) is 2.68. The van der Waals surface area contributed by atoms with Gasteiger partial charge in [0.25, 0.3) is 5.91 Å². The Morgan fingerprint density at radius 3 is 2.63 bits per heavy atom. The minimum absolute atomic E-state index is 0.144. The van der Waals surface area contributed by atoms with Crippen molar-refractivity contribution in [2.24, 2.45) is 0 Å². The lowest BCUT2D eigenvalue weighted by atomic mass is 10.3. The van der Waals surface area contributed by atoms with Gasteiger partial charge in [0, 0.05) is 16.8 Å². The Kier molecular flexibility index (Phi) is 4.52. The topological polar surface area (TPSA) is 54.0 Å². The molecule has 0 radical (unpaired) electrons. The van der Waals surface area contributed by atoms with E-state index in [9.17, 15) is 4.79 Å². The van der Waals surface area contributed by atoms with E-state index in [4.69, 9.17) is 0 Å². The lowest BCUT2D eigenvalue weighted by Crippen LogP contribution is -2.23. The molecule has 0 spiro atoms. The first kappa shape index (κ1) is 13.5. The number of nitrogens with one attached hydrogen (secondary N) is 2. The highest BCUT2D eigenvalue weighted by molar-refractivity contribution is 7.11. The molecule has 100 valence electrons. The molecule has 2 aromatic heterocycles. The van der Waals surface area contributed by atoms with Crippen molar-refractivity contribution < 1.29 is 4.79 Å². The number of aryl methyl sites for hydroxylation is 1. The molecule has 0 atom stereocenters. The fourth-order valence-electron chi connectivity index (χ4n) is 1.64. The Hall–Kier alpha value is -1.88. The fraction of sp³-hybridized carbons (Fsp3) is 0.286. The molecule has 5 heteroatoms. The largest absolute Gasteiger partial charge is 0.387 e. The second-order valence-electron chi connectivity index (χ2n) is 4.09. The van der Waals surface area contributed by atoms with E-state index < -0.39 is 0 Å². The van der Waals surface area contributed by atoms with Crippen LogP contribution in [0.3, 0.4) is 0 Å². The molecule has 19 heavy (non-hydrogen) atoms. The zero-order chi connectivity index (χ0) is 13.7. The summed E-state index contributed by atoms with van der Waals surface area (Å²) in [5.74, 6) is -0.144. The number of amides is 1. The third-order valence-electron chi connectivity index (χ3n) is 2.77. The maximum Gasteiger partial charge on any atom is 0.270 e. The van der Waals surface area contributed by atoms with Crippen molar-refractivity contribution in [3.8, 4) is 0 Å². The number of pyridine rings is 1. The standard InChI is InChI=1S/C14H17N3OS/c1-3-11-5-6-12(19-11)9-17-14(18)13-7-4-10(15-2)8-16-13/h4-8,15H,3,9H2,1-2H3,(H,17,18). The third-order valence-corrected chi connectivity index (χ3v) is 4.00. The molecule has 0 saturated carbocycles. The molecule has 0 aliphatic rings. The van der Waals surface area contributed by atoms with Gasteiger partial charge in [0.05, 0.1) is 18.4 Å². The molecule has 2 heterocycles. The summed E-state index contributed by atoms with van der Waals surface area (Å²) in [5, 5.41) is 5.85. The second-order valence-corrected chi connectivity index (χ2v) is 5.34. The van der Waals surface area contributed by atoms with Crippen molar-refractivity contribution in [3.63, 3.8) is 0 Å². The average molecular weight is 275 g/mol. The van der Waals surface area contributed by atoms with E-state index in [0.29, 0.717) is 12.2 Å². The molecule has 0 bridgehead atoms. The monoisotopic (exact) mass is 275 g/mol. The van der Waals surface area contributed by atoms with E-state index >= 15 is 0 Å². The van der Waals surface area contributed by atoms with Crippen LogP contribution in [0.5, 0.6) is 0 Å². The van der Waals surface area contributed by atoms with Crippen LogP contribution in [0.4, 0.5) is 5.69 Å². The Balaban J connectivity index is 1.93. The Morgan fingerprint density at radius 2 is 2.05 bits per heavy atom. The van der Waals surface area contributed by atoms with Gasteiger partial charge in [-0.15, -0.1) is 11.3 Å². The molecule has 0 fully saturated rings. The molecular weight excluding hydrogens is 258 g/mol. The van der Waals surface area contributed by atoms with Crippen LogP contribution in [-0.4, -0.2) is 17.9 Å². The maximum atomic E-state index is 11.9. The smallest absolute Gasteiger partial charge is 0.270 e. The SMILES string of the molecule is CCc1ccc(CNC(=O)c2ccc(NC)cn2)s1. The van der Waals surface area contributed by atoms with Gasteiger partial charge >= 0.3 is 0 Å². The highest BCUT2D eigenvalue weighted by Gasteiger charge is 2.07. The lowest BCUT2D eigenvalue weighted by molar-refractivity contribution is 0.0946. The van der Waals surface area contributed by atoms with Gasteiger partial charge < -0.3 is 10.6 Å². The first-order valence-corrected chi connectivity index (χ1v) is 7.04. The molecule has 0 aliphatic heterocycles. The summed E-state index contributed by atoms with van der Waals surface area (Å²) in [6, 6.07) is 7.71. The van der Waals surface area contributed by atoms with E-state index in [1.165, 1.54) is 4.88 Å². The summed E-state index contributed by atoms with van der Waals surface area (Å²) in [5.41, 5.74) is 1.33. The number of aromatic nitrogens is 1. The Labute approximate surface area is 116 Å². The molecule has 2 aromatic rings. The molecular formula is C14H17N3OS. The molecule has 1 amide bonds. The van der Waals surface area contributed by atoms with Gasteiger partial charge in [-0.25, -0.2) is 4.98 Å². The van der Waals surface area contributed by atoms with Crippen molar-refractivity contribution in [1.29, 1.82) is 0 Å². The number of rotatable bonds is 5. The van der Waals surface area contributed by atoms with Crippen LogP contribution in [0.2, 0.25) is 0 Å². The number of carbonyl (C=O) groups is 1. The van der Waals surface area contributed by atoms with Crippen LogP contribution < -0.4 is 10.6 Å². The van der Waals surface area contributed by atoms with Crippen molar-refractivity contribution in [2.75, 3.05) is 12.4 Å². The molecule has 0 aromatic carbocycles. The normalized spacial score (nSPS) is 10.2. The van der Waals surface area contributed by atoms with E-state index in [1.54, 1.807) is 23.6 Å². The number of carbonyl (C=O) groups excluding carboxylic acids is 1. The minimum atomic E-state index is -0.144. The predicted molar refractivity (Wildman–Crippen MR) is 78.7 cm³/mol. The molecule has 0 unspecified atom stereocenters. The van der Waals surface area contributed by atoms with E-state index in [0.717, 1.165) is 17.0 Å². The molecule has 0 saturated heterocycles. The number of hydrogen-bond acceptors (Lipinski definition) is 4. The van der Waals surface area contributed by atoms with E-state index in [1.807, 2.05) is 13.1 Å². The maximum absolute atomic E-state index is 11.9. The zero-order valence-corrected chi connectivity index (χ0v) is 11.9. The molecule has 2 rings (SSSR count). The zero-order valence-electron chi connectivity index (χ0n) is 11.1. The number of thiophene rings is 1. The summed E-state index contributed by atoms with van der Waals surface area (Å²) in [6.45, 7) is 2.68. The summed E-state index contributed by atoms with van der Waals surface area (Å²) in [4.78, 5) is 18.5. The second kappa shape index (κ2) is 6.33. The van der Waals surface area contributed by atoms with Gasteiger partial charge in [0.1, 0.15) is 5.69 Å². The van der Waals surface area contributed by atoms with Gasteiger partial charge in [-0.05, 0) is 30.7 Å².